The number of anilines is 2. The van der Waals surface area contributed by atoms with Crippen LogP contribution in [0.2, 0.25) is 5.02 Å². The Hall–Kier alpha value is -3.46. The zero-order valence-electron chi connectivity index (χ0n) is 15.1. The standard InChI is InChI=1S/C20H14ClN5O2S/c1-11(19(27)25-13-6-4-12(21)5-7-13)29-20-15(10-23)17(16-3-2-8-28-16)14(9-22)18(24)26-20/h2-8,11H,1H3,(H2,24,26)(H,25,27). The molecule has 0 saturated heterocycles. The molecule has 0 aliphatic rings. The number of furan rings is 1. The number of rotatable bonds is 5. The molecule has 144 valence electrons. The lowest BCUT2D eigenvalue weighted by Crippen LogP contribution is -2.22. The molecule has 3 aromatic rings. The Bertz CT molecular complexity index is 1130. The number of nitrogens with one attached hydrogen (secondary N) is 1. The molecule has 2 heterocycles. The molecule has 0 radical (unpaired) electrons. The van der Waals surface area contributed by atoms with E-state index in [9.17, 15) is 15.3 Å². The van der Waals surface area contributed by atoms with Crippen molar-refractivity contribution in [1.82, 2.24) is 4.98 Å². The van der Waals surface area contributed by atoms with Crippen LogP contribution in [0.5, 0.6) is 0 Å². The zero-order valence-corrected chi connectivity index (χ0v) is 16.7. The third-order valence-electron chi connectivity index (χ3n) is 3.95. The maximum absolute atomic E-state index is 12.5. The Morgan fingerprint density at radius 2 is 1.93 bits per heavy atom. The van der Waals surface area contributed by atoms with Crippen LogP contribution in [-0.2, 0) is 4.79 Å². The van der Waals surface area contributed by atoms with Gasteiger partial charge in [-0.25, -0.2) is 4.98 Å². The van der Waals surface area contributed by atoms with Crippen molar-refractivity contribution in [3.8, 4) is 23.5 Å². The highest BCUT2D eigenvalue weighted by Gasteiger charge is 2.25. The summed E-state index contributed by atoms with van der Waals surface area (Å²) in [6.45, 7) is 1.68. The quantitative estimate of drug-likeness (QED) is 0.580. The number of nitriles is 2. The van der Waals surface area contributed by atoms with Gasteiger partial charge >= 0.3 is 0 Å². The van der Waals surface area contributed by atoms with E-state index in [0.717, 1.165) is 11.8 Å². The molecule has 0 spiro atoms. The van der Waals surface area contributed by atoms with E-state index < -0.39 is 5.25 Å². The average Bonchev–Trinajstić information content (AvgIpc) is 3.23. The Balaban J connectivity index is 1.92. The highest BCUT2D eigenvalue weighted by molar-refractivity contribution is 8.00. The number of nitrogens with two attached hydrogens (primary N) is 1. The second-order valence-electron chi connectivity index (χ2n) is 5.88. The van der Waals surface area contributed by atoms with Gasteiger partial charge in [-0.3, -0.25) is 4.79 Å². The van der Waals surface area contributed by atoms with Crippen molar-refractivity contribution in [2.24, 2.45) is 0 Å². The average molecular weight is 424 g/mol. The lowest BCUT2D eigenvalue weighted by molar-refractivity contribution is -0.115. The molecule has 2 aromatic heterocycles. The maximum atomic E-state index is 12.5. The van der Waals surface area contributed by atoms with Crippen LogP contribution in [0.3, 0.4) is 0 Å². The van der Waals surface area contributed by atoms with Gasteiger partial charge in [0.15, 0.2) is 0 Å². The van der Waals surface area contributed by atoms with E-state index in [1.165, 1.54) is 6.26 Å². The minimum Gasteiger partial charge on any atom is -0.464 e. The molecule has 1 unspecified atom stereocenters. The van der Waals surface area contributed by atoms with Crippen molar-refractivity contribution in [3.05, 3.63) is 58.8 Å². The van der Waals surface area contributed by atoms with Gasteiger partial charge < -0.3 is 15.5 Å². The van der Waals surface area contributed by atoms with E-state index in [-0.39, 0.29) is 33.4 Å². The molecular weight excluding hydrogens is 410 g/mol. The topological polar surface area (TPSA) is 129 Å². The summed E-state index contributed by atoms with van der Waals surface area (Å²) >= 11 is 6.92. The summed E-state index contributed by atoms with van der Waals surface area (Å²) in [5, 5.41) is 22.2. The molecule has 0 aliphatic heterocycles. The highest BCUT2D eigenvalue weighted by atomic mass is 35.5. The van der Waals surface area contributed by atoms with Gasteiger partial charge in [0.05, 0.1) is 22.6 Å². The summed E-state index contributed by atoms with van der Waals surface area (Å²) in [4.78, 5) is 16.7. The predicted octanol–water partition coefficient (Wildman–Crippen LogP) is 4.44. The van der Waals surface area contributed by atoms with Crippen molar-refractivity contribution in [3.63, 3.8) is 0 Å². The van der Waals surface area contributed by atoms with Crippen LogP contribution in [0, 0.1) is 22.7 Å². The monoisotopic (exact) mass is 423 g/mol. The first-order chi connectivity index (χ1) is 13.9. The number of pyridine rings is 1. The van der Waals surface area contributed by atoms with Gasteiger partial charge in [-0.1, -0.05) is 23.4 Å². The fourth-order valence-corrected chi connectivity index (χ4v) is 3.59. The molecule has 29 heavy (non-hydrogen) atoms. The molecule has 3 rings (SSSR count). The largest absolute Gasteiger partial charge is 0.464 e. The number of aromatic nitrogens is 1. The number of carbonyl (C=O) groups is 1. The van der Waals surface area contributed by atoms with Crippen LogP contribution in [0.1, 0.15) is 18.1 Å². The van der Waals surface area contributed by atoms with Crippen LogP contribution in [-0.4, -0.2) is 16.1 Å². The van der Waals surface area contributed by atoms with Crippen LogP contribution in [0.25, 0.3) is 11.3 Å². The maximum Gasteiger partial charge on any atom is 0.237 e. The lowest BCUT2D eigenvalue weighted by atomic mass is 10.0. The molecule has 1 atom stereocenters. The molecule has 9 heteroatoms. The molecule has 0 bridgehead atoms. The number of hydrogen-bond acceptors (Lipinski definition) is 7. The Kier molecular flexibility index (Phi) is 6.08. The lowest BCUT2D eigenvalue weighted by Gasteiger charge is -2.15. The minimum absolute atomic E-state index is 0.0364. The van der Waals surface area contributed by atoms with E-state index in [4.69, 9.17) is 21.8 Å². The van der Waals surface area contributed by atoms with Crippen molar-refractivity contribution in [2.45, 2.75) is 17.2 Å². The number of thioether (sulfide) groups is 1. The van der Waals surface area contributed by atoms with Gasteiger partial charge in [0.1, 0.15) is 34.3 Å². The van der Waals surface area contributed by atoms with Crippen molar-refractivity contribution in [2.75, 3.05) is 11.1 Å². The summed E-state index contributed by atoms with van der Waals surface area (Å²) in [5.74, 6) is 0.00326. The third kappa shape index (κ3) is 4.35. The molecule has 0 aliphatic carbocycles. The van der Waals surface area contributed by atoms with E-state index in [1.807, 2.05) is 6.07 Å². The second kappa shape index (κ2) is 8.70. The van der Waals surface area contributed by atoms with Gasteiger partial charge in [-0.2, -0.15) is 10.5 Å². The van der Waals surface area contributed by atoms with Gasteiger partial charge in [0.2, 0.25) is 5.91 Å². The molecule has 1 amide bonds. The summed E-state index contributed by atoms with van der Waals surface area (Å²) in [7, 11) is 0. The van der Waals surface area contributed by atoms with Gasteiger partial charge in [-0.15, -0.1) is 0 Å². The van der Waals surface area contributed by atoms with E-state index >= 15 is 0 Å². The summed E-state index contributed by atoms with van der Waals surface area (Å²) in [6.07, 6.45) is 1.43. The van der Waals surface area contributed by atoms with Crippen LogP contribution in [0.15, 0.2) is 52.1 Å². The molecule has 1 aromatic carbocycles. The molecule has 7 nitrogen and oxygen atoms in total. The Morgan fingerprint density at radius 1 is 1.24 bits per heavy atom. The Morgan fingerprint density at radius 3 is 2.52 bits per heavy atom. The van der Waals surface area contributed by atoms with Gasteiger partial charge in [0.25, 0.3) is 0 Å². The highest BCUT2D eigenvalue weighted by Crippen LogP contribution is 2.37. The summed E-state index contributed by atoms with van der Waals surface area (Å²) in [5.41, 5.74) is 6.98. The first kappa shape index (κ1) is 20.3. The first-order valence-corrected chi connectivity index (χ1v) is 9.61. The summed E-state index contributed by atoms with van der Waals surface area (Å²) < 4.78 is 5.37. The van der Waals surface area contributed by atoms with Gasteiger partial charge in [-0.05, 0) is 43.3 Å². The van der Waals surface area contributed by atoms with E-state index in [0.29, 0.717) is 16.5 Å². The smallest absolute Gasteiger partial charge is 0.237 e. The third-order valence-corrected chi connectivity index (χ3v) is 5.29. The molecule has 0 saturated carbocycles. The number of nitrogens with zero attached hydrogens (tertiary/aromatic N) is 3. The Labute approximate surface area is 176 Å². The normalized spacial score (nSPS) is 11.3. The minimum atomic E-state index is -0.595. The van der Waals surface area contributed by atoms with Gasteiger partial charge in [0, 0.05) is 10.7 Å². The molecular formula is C20H14ClN5O2S. The zero-order chi connectivity index (χ0) is 21.0. The summed E-state index contributed by atoms with van der Waals surface area (Å²) in [6, 6.07) is 14.0. The van der Waals surface area contributed by atoms with Crippen LogP contribution < -0.4 is 11.1 Å². The number of nitrogen functional groups attached to an aromatic ring is 1. The fourth-order valence-electron chi connectivity index (χ4n) is 2.55. The number of halogens is 1. The van der Waals surface area contributed by atoms with Crippen LogP contribution in [0.4, 0.5) is 11.5 Å². The number of carbonyl (C=O) groups excluding carboxylic acids is 1. The molecule has 3 N–H and O–H groups in total. The number of hydrogen-bond donors (Lipinski definition) is 2. The number of amides is 1. The van der Waals surface area contributed by atoms with Crippen molar-refractivity contribution in [1.29, 1.82) is 10.5 Å². The molecule has 0 fully saturated rings. The van der Waals surface area contributed by atoms with Crippen molar-refractivity contribution >= 4 is 40.8 Å². The predicted molar refractivity (Wildman–Crippen MR) is 111 cm³/mol. The van der Waals surface area contributed by atoms with Crippen LogP contribution >= 0.6 is 23.4 Å². The van der Waals surface area contributed by atoms with Crippen molar-refractivity contribution < 1.29 is 9.21 Å². The SMILES string of the molecule is CC(Sc1nc(N)c(C#N)c(-c2ccco2)c1C#N)C(=O)Nc1ccc(Cl)cc1. The second-order valence-corrected chi connectivity index (χ2v) is 7.65. The number of benzene rings is 1. The van der Waals surface area contributed by atoms with E-state index in [2.05, 4.69) is 16.4 Å². The first-order valence-electron chi connectivity index (χ1n) is 8.35. The fraction of sp³-hybridized carbons (Fsp3) is 0.100. The van der Waals surface area contributed by atoms with E-state index in [1.54, 1.807) is 43.3 Å².